The first-order chi connectivity index (χ1) is 8.22. The van der Waals surface area contributed by atoms with E-state index in [-0.39, 0.29) is 16.6 Å². The molecule has 2 rings (SSSR count). The lowest BCUT2D eigenvalue weighted by Crippen LogP contribution is -2.41. The lowest BCUT2D eigenvalue weighted by atomic mass is 9.64. The van der Waals surface area contributed by atoms with Crippen molar-refractivity contribution in [3.8, 4) is 0 Å². The highest BCUT2D eigenvalue weighted by Crippen LogP contribution is 2.66. The van der Waals surface area contributed by atoms with Crippen molar-refractivity contribution in [3.05, 3.63) is 23.8 Å². The van der Waals surface area contributed by atoms with Crippen molar-refractivity contribution in [2.45, 2.75) is 58.2 Å². The molecule has 0 bridgehead atoms. The molecule has 0 aromatic heterocycles. The number of hydrogen-bond donors (Lipinski definition) is 1. The van der Waals surface area contributed by atoms with Crippen molar-refractivity contribution in [2.24, 2.45) is 5.41 Å². The van der Waals surface area contributed by atoms with Gasteiger partial charge in [0.1, 0.15) is 5.60 Å². The number of carboxylic acid groups (broad SMARTS) is 1. The van der Waals surface area contributed by atoms with Crippen molar-refractivity contribution in [1.82, 2.24) is 0 Å². The molecule has 0 amide bonds. The van der Waals surface area contributed by atoms with Crippen LogP contribution >= 0.6 is 0 Å². The van der Waals surface area contributed by atoms with Gasteiger partial charge in [-0.2, -0.15) is 0 Å². The minimum Gasteiger partial charge on any atom is -0.478 e. The van der Waals surface area contributed by atoms with Crippen LogP contribution in [0.1, 0.15) is 47.0 Å². The Morgan fingerprint density at radius 1 is 1.28 bits per heavy atom. The third-order valence-corrected chi connectivity index (χ3v) is 4.52. The average molecular weight is 250 g/mol. The quantitative estimate of drug-likeness (QED) is 0.475. The zero-order chi connectivity index (χ0) is 13.6. The molecule has 1 heterocycles. The smallest absolute Gasteiger partial charge is 0.328 e. The Hall–Kier alpha value is -1.09. The molecule has 0 radical (unpaired) electrons. The molecule has 100 valence electrons. The van der Waals surface area contributed by atoms with Gasteiger partial charge < -0.3 is 9.84 Å². The van der Waals surface area contributed by atoms with Crippen LogP contribution in [0.2, 0.25) is 0 Å². The van der Waals surface area contributed by atoms with Gasteiger partial charge in [-0.15, -0.1) is 0 Å². The molecule has 3 nitrogen and oxygen atoms in total. The molecule has 3 heteroatoms. The monoisotopic (exact) mass is 250 g/mol. The number of allylic oxidation sites excluding steroid dienone is 2. The molecule has 0 aromatic rings. The number of ether oxygens (including phenoxy) is 1. The van der Waals surface area contributed by atoms with Crippen LogP contribution in [0.15, 0.2) is 23.8 Å². The van der Waals surface area contributed by atoms with E-state index >= 15 is 0 Å². The normalized spacial score (nSPS) is 38.6. The summed E-state index contributed by atoms with van der Waals surface area (Å²) in [6.45, 7) is 8.43. The molecule has 2 unspecified atom stereocenters. The molecular weight excluding hydrogens is 228 g/mol. The van der Waals surface area contributed by atoms with Crippen LogP contribution < -0.4 is 0 Å². The highest BCUT2D eigenvalue weighted by Gasteiger charge is 2.73. The number of aliphatic carboxylic acids is 1. The van der Waals surface area contributed by atoms with Crippen LogP contribution in [0.4, 0.5) is 0 Å². The maximum absolute atomic E-state index is 10.6. The summed E-state index contributed by atoms with van der Waals surface area (Å²) >= 11 is 0. The highest BCUT2D eigenvalue weighted by atomic mass is 16.6. The fourth-order valence-electron chi connectivity index (χ4n) is 3.40. The summed E-state index contributed by atoms with van der Waals surface area (Å²) in [5, 5.41) is 8.71. The van der Waals surface area contributed by atoms with E-state index in [0.717, 1.165) is 18.4 Å². The number of fused-ring (bicyclic) bond motifs is 1. The SMILES string of the molecule is CC(/C=C/C12OC1(C)CCCC2(C)C)=C\C(=O)O. The predicted octanol–water partition coefficient (Wildman–Crippen LogP) is 3.31. The predicted molar refractivity (Wildman–Crippen MR) is 70.4 cm³/mol. The second-order valence-electron chi connectivity index (χ2n) is 6.37. The van der Waals surface area contributed by atoms with Crippen molar-refractivity contribution in [3.63, 3.8) is 0 Å². The van der Waals surface area contributed by atoms with E-state index in [1.807, 2.05) is 6.08 Å². The maximum atomic E-state index is 10.6. The van der Waals surface area contributed by atoms with E-state index < -0.39 is 5.97 Å². The summed E-state index contributed by atoms with van der Waals surface area (Å²) in [7, 11) is 0. The third kappa shape index (κ3) is 1.91. The van der Waals surface area contributed by atoms with Gasteiger partial charge in [0.05, 0.1) is 5.60 Å². The number of carboxylic acids is 1. The minimum atomic E-state index is -0.906. The van der Waals surface area contributed by atoms with E-state index in [0.29, 0.717) is 0 Å². The van der Waals surface area contributed by atoms with Gasteiger partial charge in [-0.3, -0.25) is 0 Å². The van der Waals surface area contributed by atoms with E-state index in [1.165, 1.54) is 12.5 Å². The number of epoxide rings is 1. The highest BCUT2D eigenvalue weighted by molar-refractivity contribution is 5.81. The third-order valence-electron chi connectivity index (χ3n) is 4.52. The van der Waals surface area contributed by atoms with Crippen LogP contribution in [0.25, 0.3) is 0 Å². The van der Waals surface area contributed by atoms with Crippen molar-refractivity contribution in [1.29, 1.82) is 0 Å². The topological polar surface area (TPSA) is 49.8 Å². The summed E-state index contributed by atoms with van der Waals surface area (Å²) in [5.41, 5.74) is 0.580. The molecule has 1 aliphatic heterocycles. The lowest BCUT2D eigenvalue weighted by Gasteiger charge is -2.36. The van der Waals surface area contributed by atoms with Crippen LogP contribution in [0, 0.1) is 5.41 Å². The Balaban J connectivity index is 2.23. The number of rotatable bonds is 3. The Labute approximate surface area is 109 Å². The van der Waals surface area contributed by atoms with E-state index in [1.54, 1.807) is 6.92 Å². The zero-order valence-electron chi connectivity index (χ0n) is 11.6. The first kappa shape index (κ1) is 13.3. The molecular formula is C15H22O3. The molecule has 1 aliphatic carbocycles. The molecule has 1 saturated heterocycles. The number of carbonyl (C=O) groups is 1. The second kappa shape index (κ2) is 3.95. The van der Waals surface area contributed by atoms with Crippen LogP contribution in [0.5, 0.6) is 0 Å². The molecule has 0 aromatic carbocycles. The fourth-order valence-corrected chi connectivity index (χ4v) is 3.40. The minimum absolute atomic E-state index is 0.0608. The van der Waals surface area contributed by atoms with Gasteiger partial charge >= 0.3 is 5.97 Å². The Kier molecular flexibility index (Phi) is 2.93. The van der Waals surface area contributed by atoms with Crippen molar-refractivity contribution in [2.75, 3.05) is 0 Å². The second-order valence-corrected chi connectivity index (χ2v) is 6.37. The van der Waals surface area contributed by atoms with Gasteiger partial charge in [0.2, 0.25) is 0 Å². The summed E-state index contributed by atoms with van der Waals surface area (Å²) in [6.07, 6.45) is 8.61. The summed E-state index contributed by atoms with van der Waals surface area (Å²) in [5.74, 6) is -0.906. The van der Waals surface area contributed by atoms with Gasteiger partial charge in [0.25, 0.3) is 0 Å². The first-order valence-corrected chi connectivity index (χ1v) is 6.53. The standard InChI is InChI=1S/C15H22O3/c1-11(10-12(16)17)6-9-15-13(2,3)7-5-8-14(15,4)18-15/h6,9-10H,5,7-8H2,1-4H3,(H,16,17)/b9-6+,11-10+. The summed E-state index contributed by atoms with van der Waals surface area (Å²) in [6, 6.07) is 0. The maximum Gasteiger partial charge on any atom is 0.328 e. The lowest BCUT2D eigenvalue weighted by molar-refractivity contribution is -0.131. The van der Waals surface area contributed by atoms with Crippen LogP contribution in [0.3, 0.4) is 0 Å². The zero-order valence-corrected chi connectivity index (χ0v) is 11.6. The van der Waals surface area contributed by atoms with Gasteiger partial charge in [-0.25, -0.2) is 4.79 Å². The molecule has 1 saturated carbocycles. The molecule has 0 spiro atoms. The van der Waals surface area contributed by atoms with Gasteiger partial charge in [-0.1, -0.05) is 19.9 Å². The Bertz CT molecular complexity index is 433. The molecule has 2 aliphatic rings. The molecule has 2 atom stereocenters. The van der Waals surface area contributed by atoms with Gasteiger partial charge in [-0.05, 0) is 44.8 Å². The Morgan fingerprint density at radius 2 is 1.94 bits per heavy atom. The van der Waals surface area contributed by atoms with E-state index in [4.69, 9.17) is 9.84 Å². The summed E-state index contributed by atoms with van der Waals surface area (Å²) < 4.78 is 6.06. The van der Waals surface area contributed by atoms with Crippen LogP contribution in [-0.2, 0) is 9.53 Å². The van der Waals surface area contributed by atoms with Crippen molar-refractivity contribution < 1.29 is 14.6 Å². The van der Waals surface area contributed by atoms with Crippen LogP contribution in [-0.4, -0.2) is 22.3 Å². The average Bonchev–Trinajstić information content (AvgIpc) is 2.82. The van der Waals surface area contributed by atoms with Crippen molar-refractivity contribution >= 4 is 5.97 Å². The number of hydrogen-bond acceptors (Lipinski definition) is 2. The largest absolute Gasteiger partial charge is 0.478 e. The van der Waals surface area contributed by atoms with Gasteiger partial charge in [0.15, 0.2) is 0 Å². The van der Waals surface area contributed by atoms with Gasteiger partial charge in [0, 0.05) is 11.5 Å². The first-order valence-electron chi connectivity index (χ1n) is 6.53. The fraction of sp³-hybridized carbons (Fsp3) is 0.667. The summed E-state index contributed by atoms with van der Waals surface area (Å²) in [4.78, 5) is 10.6. The van der Waals surface area contributed by atoms with E-state index in [2.05, 4.69) is 26.8 Å². The molecule has 2 fully saturated rings. The molecule has 18 heavy (non-hydrogen) atoms. The van der Waals surface area contributed by atoms with E-state index in [9.17, 15) is 4.79 Å². The Morgan fingerprint density at radius 3 is 2.50 bits per heavy atom. The molecule has 1 N–H and O–H groups in total.